The van der Waals surface area contributed by atoms with Crippen LogP contribution < -0.4 is 4.90 Å². The number of rotatable bonds is 0. The Balaban J connectivity index is 2.14. The summed E-state index contributed by atoms with van der Waals surface area (Å²) >= 11 is 0. The van der Waals surface area contributed by atoms with E-state index in [1.165, 1.54) is 43.1 Å². The van der Waals surface area contributed by atoms with Gasteiger partial charge in [0.15, 0.2) is 0 Å². The summed E-state index contributed by atoms with van der Waals surface area (Å²) in [5.41, 5.74) is 4.99. The first-order valence-electron chi connectivity index (χ1n) is 7.12. The number of nitrogens with zero attached hydrogens (tertiary/aromatic N) is 1. The zero-order valence-electron chi connectivity index (χ0n) is 11.9. The minimum Gasteiger partial charge on any atom is -0.452 e. The fraction of sp³-hybridized carbons (Fsp3) is 0.562. The average Bonchev–Trinajstić information content (AvgIpc) is 2.71. The molecule has 1 aromatic carbocycles. The summed E-state index contributed by atoms with van der Waals surface area (Å²) in [4.78, 5) is 14.1. The third kappa shape index (κ3) is 1.83. The summed E-state index contributed by atoms with van der Waals surface area (Å²) in [6.07, 6.45) is 4.55. The van der Waals surface area contributed by atoms with E-state index in [1.807, 2.05) is 4.90 Å². The van der Waals surface area contributed by atoms with Crippen molar-refractivity contribution < 1.29 is 9.53 Å². The molecule has 19 heavy (non-hydrogen) atoms. The molecular weight excluding hydrogens is 238 g/mol. The SMILES string of the molecule is COC(=O)N1c2cc(C)cc(C)c2[C@@H]2CCCC[C@H]21. The van der Waals surface area contributed by atoms with E-state index in [1.54, 1.807) is 0 Å². The number of aryl methyl sites for hydroxylation is 2. The number of carbonyl (C=O) groups is 1. The van der Waals surface area contributed by atoms with E-state index in [2.05, 4.69) is 26.0 Å². The monoisotopic (exact) mass is 259 g/mol. The second kappa shape index (κ2) is 4.55. The van der Waals surface area contributed by atoms with Crippen molar-refractivity contribution >= 4 is 11.8 Å². The van der Waals surface area contributed by atoms with Gasteiger partial charge in [0.2, 0.25) is 0 Å². The minimum absolute atomic E-state index is 0.208. The maximum Gasteiger partial charge on any atom is 0.414 e. The van der Waals surface area contributed by atoms with E-state index < -0.39 is 0 Å². The van der Waals surface area contributed by atoms with Crippen LogP contribution in [0, 0.1) is 13.8 Å². The van der Waals surface area contributed by atoms with E-state index in [4.69, 9.17) is 4.74 Å². The van der Waals surface area contributed by atoms with E-state index >= 15 is 0 Å². The molecular formula is C16H21NO2. The van der Waals surface area contributed by atoms with Gasteiger partial charge in [-0.2, -0.15) is 0 Å². The van der Waals surface area contributed by atoms with Crippen molar-refractivity contribution in [2.75, 3.05) is 12.0 Å². The van der Waals surface area contributed by atoms with Gasteiger partial charge in [0.25, 0.3) is 0 Å². The highest BCUT2D eigenvalue weighted by Gasteiger charge is 2.43. The minimum atomic E-state index is -0.208. The van der Waals surface area contributed by atoms with Gasteiger partial charge in [0.05, 0.1) is 12.8 Å². The van der Waals surface area contributed by atoms with Crippen molar-refractivity contribution in [1.82, 2.24) is 0 Å². The van der Waals surface area contributed by atoms with Crippen LogP contribution >= 0.6 is 0 Å². The van der Waals surface area contributed by atoms with E-state index in [0.29, 0.717) is 12.0 Å². The van der Waals surface area contributed by atoms with Gasteiger partial charge in [-0.3, -0.25) is 4.90 Å². The molecule has 1 aliphatic carbocycles. The molecule has 2 atom stereocenters. The van der Waals surface area contributed by atoms with Crippen LogP contribution in [0.1, 0.15) is 48.3 Å². The van der Waals surface area contributed by atoms with Crippen LogP contribution in [0.3, 0.4) is 0 Å². The molecule has 3 heteroatoms. The summed E-state index contributed by atoms with van der Waals surface area (Å²) in [5, 5.41) is 0. The molecule has 3 nitrogen and oxygen atoms in total. The number of hydrogen-bond donors (Lipinski definition) is 0. The third-order valence-electron chi connectivity index (χ3n) is 4.57. The molecule has 1 heterocycles. The lowest BCUT2D eigenvalue weighted by atomic mass is 9.81. The second-order valence-corrected chi connectivity index (χ2v) is 5.81. The van der Waals surface area contributed by atoms with Crippen LogP contribution in [-0.2, 0) is 4.74 Å². The molecule has 0 saturated heterocycles. The summed E-state index contributed by atoms with van der Waals surface area (Å²) < 4.78 is 5.01. The van der Waals surface area contributed by atoms with Crippen LogP contribution in [0.25, 0.3) is 0 Å². The highest BCUT2D eigenvalue weighted by atomic mass is 16.5. The third-order valence-corrected chi connectivity index (χ3v) is 4.57. The number of ether oxygens (including phenoxy) is 1. The van der Waals surface area contributed by atoms with Crippen LogP contribution in [0.5, 0.6) is 0 Å². The molecule has 1 aromatic rings. The Morgan fingerprint density at radius 3 is 2.74 bits per heavy atom. The van der Waals surface area contributed by atoms with E-state index in [0.717, 1.165) is 12.1 Å². The normalized spacial score (nSPS) is 24.9. The molecule has 0 radical (unpaired) electrons. The van der Waals surface area contributed by atoms with Gasteiger partial charge in [-0.15, -0.1) is 0 Å². The lowest BCUT2D eigenvalue weighted by Gasteiger charge is -2.31. The molecule has 0 aromatic heterocycles. The fourth-order valence-corrected chi connectivity index (χ4v) is 3.91. The molecule has 0 unspecified atom stereocenters. The van der Waals surface area contributed by atoms with Crippen LogP contribution in [0.4, 0.5) is 10.5 Å². The van der Waals surface area contributed by atoms with Crippen molar-refractivity contribution in [3.8, 4) is 0 Å². The second-order valence-electron chi connectivity index (χ2n) is 5.81. The molecule has 0 N–H and O–H groups in total. The fourth-order valence-electron chi connectivity index (χ4n) is 3.91. The summed E-state index contributed by atoms with van der Waals surface area (Å²) in [5.74, 6) is 0.503. The highest BCUT2D eigenvalue weighted by molar-refractivity contribution is 5.92. The molecule has 102 valence electrons. The molecule has 0 spiro atoms. The Bertz CT molecular complexity index is 524. The summed E-state index contributed by atoms with van der Waals surface area (Å²) in [7, 11) is 1.47. The number of fused-ring (bicyclic) bond motifs is 3. The van der Waals surface area contributed by atoms with Crippen molar-refractivity contribution in [2.45, 2.75) is 51.5 Å². The van der Waals surface area contributed by atoms with Crippen LogP contribution in [0.15, 0.2) is 12.1 Å². The summed E-state index contributed by atoms with van der Waals surface area (Å²) in [6.45, 7) is 4.25. The highest BCUT2D eigenvalue weighted by Crippen LogP contribution is 2.49. The number of anilines is 1. The lowest BCUT2D eigenvalue weighted by molar-refractivity contribution is 0.174. The Labute approximate surface area is 114 Å². The Morgan fingerprint density at radius 1 is 1.26 bits per heavy atom. The Morgan fingerprint density at radius 2 is 2.00 bits per heavy atom. The van der Waals surface area contributed by atoms with Gasteiger partial charge in [-0.05, 0) is 49.4 Å². The predicted molar refractivity (Wildman–Crippen MR) is 75.8 cm³/mol. The van der Waals surface area contributed by atoms with Gasteiger partial charge in [-0.1, -0.05) is 18.9 Å². The van der Waals surface area contributed by atoms with Crippen molar-refractivity contribution in [3.05, 3.63) is 28.8 Å². The van der Waals surface area contributed by atoms with E-state index in [9.17, 15) is 4.79 Å². The largest absolute Gasteiger partial charge is 0.452 e. The predicted octanol–water partition coefficient (Wildman–Crippen LogP) is 3.92. The Kier molecular flexibility index (Phi) is 3.00. The molecule has 1 fully saturated rings. The van der Waals surface area contributed by atoms with Crippen LogP contribution in [-0.4, -0.2) is 19.2 Å². The van der Waals surface area contributed by atoms with Gasteiger partial charge < -0.3 is 4.74 Å². The molecule has 2 aliphatic rings. The van der Waals surface area contributed by atoms with Crippen LogP contribution in [0.2, 0.25) is 0 Å². The molecule has 1 amide bonds. The molecule has 3 rings (SSSR count). The topological polar surface area (TPSA) is 29.5 Å². The average molecular weight is 259 g/mol. The maximum absolute atomic E-state index is 12.2. The first-order valence-corrected chi connectivity index (χ1v) is 7.12. The van der Waals surface area contributed by atoms with Gasteiger partial charge in [0.1, 0.15) is 0 Å². The Hall–Kier alpha value is -1.51. The van der Waals surface area contributed by atoms with E-state index in [-0.39, 0.29) is 6.09 Å². The number of amides is 1. The number of benzene rings is 1. The quantitative estimate of drug-likeness (QED) is 0.706. The van der Waals surface area contributed by atoms with Gasteiger partial charge in [0, 0.05) is 12.0 Å². The standard InChI is InChI=1S/C16H21NO2/c1-10-8-11(2)15-12-6-4-5-7-13(12)17(14(15)9-10)16(18)19-3/h8-9,12-13H,4-7H2,1-3H3/t12-,13-/m1/s1. The van der Waals surface area contributed by atoms with Crippen molar-refractivity contribution in [2.24, 2.45) is 0 Å². The number of methoxy groups -OCH3 is 1. The first-order chi connectivity index (χ1) is 9.13. The number of hydrogen-bond acceptors (Lipinski definition) is 2. The maximum atomic E-state index is 12.2. The molecule has 1 saturated carbocycles. The zero-order chi connectivity index (χ0) is 13.6. The molecule has 1 aliphatic heterocycles. The van der Waals surface area contributed by atoms with Gasteiger partial charge >= 0.3 is 6.09 Å². The molecule has 0 bridgehead atoms. The van der Waals surface area contributed by atoms with Crippen molar-refractivity contribution in [3.63, 3.8) is 0 Å². The summed E-state index contributed by atoms with van der Waals surface area (Å²) in [6, 6.07) is 4.67. The zero-order valence-corrected chi connectivity index (χ0v) is 11.9. The van der Waals surface area contributed by atoms with Gasteiger partial charge in [-0.25, -0.2) is 4.79 Å². The first kappa shape index (κ1) is 12.5. The van der Waals surface area contributed by atoms with Crippen molar-refractivity contribution in [1.29, 1.82) is 0 Å². The smallest absolute Gasteiger partial charge is 0.414 e. The lowest BCUT2D eigenvalue weighted by Crippen LogP contribution is -2.40. The number of carbonyl (C=O) groups excluding carboxylic acids is 1.